The number of aryl methyl sites for hydroxylation is 2. The summed E-state index contributed by atoms with van der Waals surface area (Å²) >= 11 is 0. The lowest BCUT2D eigenvalue weighted by molar-refractivity contribution is -0.122. The molecule has 0 bridgehead atoms. The Morgan fingerprint density at radius 3 is 2.74 bits per heavy atom. The fraction of sp³-hybridized carbons (Fsp3) is 0.263. The molecule has 8 heteroatoms. The number of hydrogen-bond donors (Lipinski definition) is 2. The lowest BCUT2D eigenvalue weighted by Gasteiger charge is -2.15. The van der Waals surface area contributed by atoms with Crippen LogP contribution in [0, 0.1) is 6.92 Å². The van der Waals surface area contributed by atoms with Gasteiger partial charge in [0.2, 0.25) is 5.95 Å². The van der Waals surface area contributed by atoms with Crippen LogP contribution in [0.15, 0.2) is 47.3 Å². The van der Waals surface area contributed by atoms with Gasteiger partial charge in [-0.15, -0.1) is 0 Å². The molecular formula is C19H21N5O3. The first-order valence-electron chi connectivity index (χ1n) is 8.66. The summed E-state index contributed by atoms with van der Waals surface area (Å²) in [6.45, 7) is 5.36. The molecule has 2 heterocycles. The lowest BCUT2D eigenvalue weighted by Crippen LogP contribution is -2.31. The fourth-order valence-corrected chi connectivity index (χ4v) is 2.51. The first-order valence-corrected chi connectivity index (χ1v) is 8.66. The Morgan fingerprint density at radius 1 is 1.30 bits per heavy atom. The van der Waals surface area contributed by atoms with Gasteiger partial charge in [0, 0.05) is 17.8 Å². The summed E-state index contributed by atoms with van der Waals surface area (Å²) in [5.41, 5.74) is 1.04. The van der Waals surface area contributed by atoms with Gasteiger partial charge in [0.25, 0.3) is 11.5 Å². The summed E-state index contributed by atoms with van der Waals surface area (Å²) in [4.78, 5) is 31.4. The van der Waals surface area contributed by atoms with E-state index in [4.69, 9.17) is 4.74 Å². The van der Waals surface area contributed by atoms with Crippen molar-refractivity contribution in [2.75, 3.05) is 5.32 Å². The van der Waals surface area contributed by atoms with Crippen LogP contribution in [0.1, 0.15) is 25.2 Å². The molecule has 8 nitrogen and oxygen atoms in total. The maximum atomic E-state index is 12.5. The minimum absolute atomic E-state index is 0.249. The Morgan fingerprint density at radius 2 is 2.04 bits per heavy atom. The molecule has 1 aromatic carbocycles. The molecule has 27 heavy (non-hydrogen) atoms. The minimum Gasteiger partial charge on any atom is -0.481 e. The number of H-pyrrole nitrogens is 1. The monoisotopic (exact) mass is 367 g/mol. The van der Waals surface area contributed by atoms with Crippen LogP contribution in [0.5, 0.6) is 5.75 Å². The third-order valence-electron chi connectivity index (χ3n) is 3.85. The Kier molecular flexibility index (Phi) is 5.35. The van der Waals surface area contributed by atoms with E-state index < -0.39 is 6.10 Å². The maximum Gasteiger partial charge on any atom is 0.266 e. The van der Waals surface area contributed by atoms with Crippen molar-refractivity contribution >= 4 is 11.7 Å². The molecule has 2 aromatic heterocycles. The van der Waals surface area contributed by atoms with Crippen LogP contribution in [0.3, 0.4) is 0 Å². The number of rotatable bonds is 6. The Labute approximate surface area is 156 Å². The van der Waals surface area contributed by atoms with Gasteiger partial charge in [0.05, 0.1) is 5.69 Å². The van der Waals surface area contributed by atoms with Crippen LogP contribution in [0.2, 0.25) is 0 Å². The highest BCUT2D eigenvalue weighted by molar-refractivity contribution is 5.93. The summed E-state index contributed by atoms with van der Waals surface area (Å²) in [6, 6.07) is 12.2. The van der Waals surface area contributed by atoms with Crippen LogP contribution in [-0.4, -0.2) is 31.8 Å². The number of aromatic nitrogens is 4. The Balaban J connectivity index is 1.83. The SMILES string of the molecule is CCc1cc(=O)[nH]c(-n2nc(C)cc2NC(=O)C(C)Oc2ccccc2)n1. The lowest BCUT2D eigenvalue weighted by atomic mass is 10.3. The molecule has 0 aliphatic rings. The number of hydrogen-bond acceptors (Lipinski definition) is 5. The van der Waals surface area contributed by atoms with E-state index in [2.05, 4.69) is 20.4 Å². The fourth-order valence-electron chi connectivity index (χ4n) is 2.51. The van der Waals surface area contributed by atoms with E-state index in [1.807, 2.05) is 25.1 Å². The number of amides is 1. The topological polar surface area (TPSA) is 102 Å². The zero-order valence-corrected chi connectivity index (χ0v) is 15.4. The van der Waals surface area contributed by atoms with Crippen molar-refractivity contribution in [3.63, 3.8) is 0 Å². The van der Waals surface area contributed by atoms with Gasteiger partial charge in [0.1, 0.15) is 11.6 Å². The Bertz CT molecular complexity index is 994. The van der Waals surface area contributed by atoms with Gasteiger partial charge in [-0.25, -0.2) is 4.98 Å². The van der Waals surface area contributed by atoms with Crippen LogP contribution in [0.4, 0.5) is 5.82 Å². The highest BCUT2D eigenvalue weighted by Gasteiger charge is 2.19. The summed E-state index contributed by atoms with van der Waals surface area (Å²) in [5, 5.41) is 7.10. The molecule has 0 saturated carbocycles. The molecule has 0 spiro atoms. The number of ether oxygens (including phenoxy) is 1. The maximum absolute atomic E-state index is 12.5. The van der Waals surface area contributed by atoms with Gasteiger partial charge in [-0.05, 0) is 32.4 Å². The number of carbonyl (C=O) groups excluding carboxylic acids is 1. The summed E-state index contributed by atoms with van der Waals surface area (Å²) in [7, 11) is 0. The second-order valence-electron chi connectivity index (χ2n) is 6.06. The van der Waals surface area contributed by atoms with Crippen molar-refractivity contribution < 1.29 is 9.53 Å². The molecule has 1 amide bonds. The van der Waals surface area contributed by atoms with Gasteiger partial charge in [-0.3, -0.25) is 14.6 Å². The third-order valence-corrected chi connectivity index (χ3v) is 3.85. The minimum atomic E-state index is -0.718. The highest BCUT2D eigenvalue weighted by atomic mass is 16.5. The number of carbonyl (C=O) groups is 1. The molecule has 0 saturated heterocycles. The van der Waals surface area contributed by atoms with E-state index in [1.54, 1.807) is 32.0 Å². The number of nitrogens with zero attached hydrogens (tertiary/aromatic N) is 3. The van der Waals surface area contributed by atoms with Crippen molar-refractivity contribution in [2.24, 2.45) is 0 Å². The van der Waals surface area contributed by atoms with Crippen molar-refractivity contribution in [2.45, 2.75) is 33.3 Å². The van der Waals surface area contributed by atoms with E-state index in [1.165, 1.54) is 10.7 Å². The standard InChI is InChI=1S/C19H21N5O3/c1-4-14-11-17(25)22-19(20-14)24-16(10-12(2)23-24)21-18(26)13(3)27-15-8-6-5-7-9-15/h5-11,13H,4H2,1-3H3,(H,21,26)(H,20,22,25). The second kappa shape index (κ2) is 7.86. The van der Waals surface area contributed by atoms with Gasteiger partial charge in [-0.1, -0.05) is 25.1 Å². The molecule has 0 aliphatic heterocycles. The quantitative estimate of drug-likeness (QED) is 0.696. The molecule has 0 fully saturated rings. The average molecular weight is 367 g/mol. The number of aromatic amines is 1. The van der Waals surface area contributed by atoms with E-state index in [-0.39, 0.29) is 17.4 Å². The van der Waals surface area contributed by atoms with Crippen LogP contribution < -0.4 is 15.6 Å². The molecule has 3 aromatic rings. The first kappa shape index (κ1) is 18.4. The molecule has 1 unspecified atom stereocenters. The van der Waals surface area contributed by atoms with Crippen LogP contribution in [-0.2, 0) is 11.2 Å². The van der Waals surface area contributed by atoms with Crippen LogP contribution >= 0.6 is 0 Å². The van der Waals surface area contributed by atoms with Gasteiger partial charge < -0.3 is 10.1 Å². The molecule has 3 rings (SSSR count). The number of anilines is 1. The van der Waals surface area contributed by atoms with E-state index in [0.29, 0.717) is 29.4 Å². The van der Waals surface area contributed by atoms with Gasteiger partial charge in [0.15, 0.2) is 6.10 Å². The number of benzene rings is 1. The molecule has 0 radical (unpaired) electrons. The zero-order valence-electron chi connectivity index (χ0n) is 15.4. The van der Waals surface area contributed by atoms with E-state index in [9.17, 15) is 9.59 Å². The van der Waals surface area contributed by atoms with Crippen molar-refractivity contribution in [1.82, 2.24) is 19.7 Å². The van der Waals surface area contributed by atoms with Gasteiger partial charge in [-0.2, -0.15) is 9.78 Å². The second-order valence-corrected chi connectivity index (χ2v) is 6.06. The molecule has 2 N–H and O–H groups in total. The molecule has 1 atom stereocenters. The van der Waals surface area contributed by atoms with Crippen LogP contribution in [0.25, 0.3) is 5.95 Å². The first-order chi connectivity index (χ1) is 13.0. The highest BCUT2D eigenvalue weighted by Crippen LogP contribution is 2.16. The normalized spacial score (nSPS) is 11.8. The van der Waals surface area contributed by atoms with E-state index in [0.717, 1.165) is 0 Å². The third kappa shape index (κ3) is 4.41. The van der Waals surface area contributed by atoms with Crippen molar-refractivity contribution in [3.8, 4) is 11.7 Å². The smallest absolute Gasteiger partial charge is 0.266 e. The predicted molar refractivity (Wildman–Crippen MR) is 101 cm³/mol. The number of para-hydroxylation sites is 1. The summed E-state index contributed by atoms with van der Waals surface area (Å²) in [6.07, 6.45) is -0.106. The molecule has 0 aliphatic carbocycles. The largest absolute Gasteiger partial charge is 0.481 e. The molecule has 140 valence electrons. The summed E-state index contributed by atoms with van der Waals surface area (Å²) in [5.74, 6) is 0.914. The predicted octanol–water partition coefficient (Wildman–Crippen LogP) is 2.23. The summed E-state index contributed by atoms with van der Waals surface area (Å²) < 4.78 is 7.05. The molecular weight excluding hydrogens is 346 g/mol. The number of nitrogens with one attached hydrogen (secondary N) is 2. The van der Waals surface area contributed by atoms with Gasteiger partial charge >= 0.3 is 0 Å². The average Bonchev–Trinajstić information content (AvgIpc) is 3.02. The van der Waals surface area contributed by atoms with Crippen molar-refractivity contribution in [3.05, 3.63) is 64.2 Å². The zero-order chi connectivity index (χ0) is 19.4. The Hall–Kier alpha value is -3.42. The van der Waals surface area contributed by atoms with E-state index >= 15 is 0 Å². The van der Waals surface area contributed by atoms with Crippen molar-refractivity contribution in [1.29, 1.82) is 0 Å².